The molecule has 1 aromatic heterocycles. The van der Waals surface area contributed by atoms with E-state index in [1.807, 2.05) is 37.5 Å². The predicted octanol–water partition coefficient (Wildman–Crippen LogP) is 3.39. The molecule has 0 fully saturated rings. The van der Waals surface area contributed by atoms with Crippen molar-refractivity contribution in [1.29, 1.82) is 0 Å². The highest BCUT2D eigenvalue weighted by molar-refractivity contribution is 6.31. The second-order valence-corrected chi connectivity index (χ2v) is 3.79. The Morgan fingerprint density at radius 2 is 2.07 bits per heavy atom. The molecule has 0 amide bonds. The molecule has 2 rings (SSSR count). The van der Waals surface area contributed by atoms with Gasteiger partial charge >= 0.3 is 0 Å². The van der Waals surface area contributed by atoms with Gasteiger partial charge in [0.15, 0.2) is 0 Å². The number of hydrogen-bond donors (Lipinski definition) is 0. The van der Waals surface area contributed by atoms with Crippen LogP contribution in [-0.2, 0) is 7.05 Å². The van der Waals surface area contributed by atoms with E-state index in [9.17, 15) is 0 Å². The van der Waals surface area contributed by atoms with Gasteiger partial charge < -0.3 is 4.57 Å². The van der Waals surface area contributed by atoms with Gasteiger partial charge in [0, 0.05) is 23.8 Å². The summed E-state index contributed by atoms with van der Waals surface area (Å²) in [7, 11) is 1.85. The molecule has 1 aromatic carbocycles. The molecule has 1 heterocycles. The van der Waals surface area contributed by atoms with E-state index in [2.05, 4.69) is 4.98 Å². The number of hydrogen-bond acceptors (Lipinski definition) is 1. The lowest BCUT2D eigenvalue weighted by molar-refractivity contribution is 0.914. The summed E-state index contributed by atoms with van der Waals surface area (Å²) >= 11 is 11.7. The van der Waals surface area contributed by atoms with Gasteiger partial charge in [-0.3, -0.25) is 0 Å². The SMILES string of the molecule is Cn1cc(-c2cccc(Cl)c2)nc1Cl. The number of aryl methyl sites for hydroxylation is 1. The average molecular weight is 227 g/mol. The van der Waals surface area contributed by atoms with Gasteiger partial charge in [-0.15, -0.1) is 0 Å². The lowest BCUT2D eigenvalue weighted by atomic mass is 10.2. The van der Waals surface area contributed by atoms with Crippen molar-refractivity contribution in [3.63, 3.8) is 0 Å². The summed E-state index contributed by atoms with van der Waals surface area (Å²) in [6.45, 7) is 0. The Morgan fingerprint density at radius 1 is 1.29 bits per heavy atom. The quantitative estimate of drug-likeness (QED) is 0.730. The zero-order valence-electron chi connectivity index (χ0n) is 7.54. The van der Waals surface area contributed by atoms with Gasteiger partial charge in [-0.2, -0.15) is 0 Å². The summed E-state index contributed by atoms with van der Waals surface area (Å²) in [5, 5.41) is 1.17. The van der Waals surface area contributed by atoms with Crippen LogP contribution in [0.5, 0.6) is 0 Å². The summed E-state index contributed by atoms with van der Waals surface area (Å²) in [5.74, 6) is 0. The molecule has 4 heteroatoms. The predicted molar refractivity (Wildman–Crippen MR) is 58.7 cm³/mol. The number of halogens is 2. The monoisotopic (exact) mass is 226 g/mol. The van der Waals surface area contributed by atoms with E-state index in [4.69, 9.17) is 23.2 Å². The van der Waals surface area contributed by atoms with Crippen molar-refractivity contribution in [3.05, 3.63) is 40.8 Å². The lowest BCUT2D eigenvalue weighted by Crippen LogP contribution is -1.81. The van der Waals surface area contributed by atoms with E-state index in [1.165, 1.54) is 0 Å². The summed E-state index contributed by atoms with van der Waals surface area (Å²) < 4.78 is 1.76. The van der Waals surface area contributed by atoms with Gasteiger partial charge in [0.05, 0.1) is 5.69 Å². The Hall–Kier alpha value is -0.990. The van der Waals surface area contributed by atoms with Crippen molar-refractivity contribution in [2.75, 3.05) is 0 Å². The molecular weight excluding hydrogens is 219 g/mol. The molecule has 2 aromatic rings. The fourth-order valence-corrected chi connectivity index (χ4v) is 1.56. The van der Waals surface area contributed by atoms with Gasteiger partial charge in [0.25, 0.3) is 0 Å². The van der Waals surface area contributed by atoms with Crippen molar-refractivity contribution >= 4 is 23.2 Å². The molecule has 2 nitrogen and oxygen atoms in total. The largest absolute Gasteiger partial charge is 0.324 e. The maximum atomic E-state index is 5.87. The highest BCUT2D eigenvalue weighted by Gasteiger charge is 2.04. The van der Waals surface area contributed by atoms with Gasteiger partial charge in [-0.25, -0.2) is 4.98 Å². The summed E-state index contributed by atoms with van der Waals surface area (Å²) in [6.07, 6.45) is 1.87. The fraction of sp³-hybridized carbons (Fsp3) is 0.100. The molecule has 0 atom stereocenters. The van der Waals surface area contributed by atoms with Crippen LogP contribution in [0, 0.1) is 0 Å². The van der Waals surface area contributed by atoms with Crippen molar-refractivity contribution in [3.8, 4) is 11.3 Å². The first-order chi connectivity index (χ1) is 6.66. The molecule has 0 saturated heterocycles. The third-order valence-corrected chi connectivity index (χ3v) is 2.53. The second kappa shape index (κ2) is 3.64. The second-order valence-electron chi connectivity index (χ2n) is 3.02. The first-order valence-corrected chi connectivity index (χ1v) is 4.87. The van der Waals surface area contributed by atoms with Gasteiger partial charge in [0.1, 0.15) is 0 Å². The van der Waals surface area contributed by atoms with Crippen molar-refractivity contribution < 1.29 is 0 Å². The van der Waals surface area contributed by atoms with E-state index in [0.29, 0.717) is 10.3 Å². The number of benzene rings is 1. The van der Waals surface area contributed by atoms with E-state index >= 15 is 0 Å². The topological polar surface area (TPSA) is 17.8 Å². The maximum Gasteiger partial charge on any atom is 0.203 e. The molecule has 0 bridgehead atoms. The Balaban J connectivity index is 2.49. The summed E-state index contributed by atoms with van der Waals surface area (Å²) in [5.41, 5.74) is 1.81. The highest BCUT2D eigenvalue weighted by atomic mass is 35.5. The Morgan fingerprint density at radius 3 is 2.64 bits per heavy atom. The molecule has 0 spiro atoms. The maximum absolute atomic E-state index is 5.87. The normalized spacial score (nSPS) is 10.5. The molecule has 0 aliphatic heterocycles. The minimum atomic E-state index is 0.472. The van der Waals surface area contributed by atoms with E-state index < -0.39 is 0 Å². The van der Waals surface area contributed by atoms with Crippen LogP contribution in [-0.4, -0.2) is 9.55 Å². The molecule has 0 aliphatic rings. The number of rotatable bonds is 1. The van der Waals surface area contributed by atoms with E-state index in [1.54, 1.807) is 4.57 Å². The van der Waals surface area contributed by atoms with Crippen molar-refractivity contribution in [2.24, 2.45) is 7.05 Å². The molecule has 0 aliphatic carbocycles. The van der Waals surface area contributed by atoms with Crippen LogP contribution in [0.15, 0.2) is 30.5 Å². The minimum absolute atomic E-state index is 0.472. The molecular formula is C10H8Cl2N2. The lowest BCUT2D eigenvalue weighted by Gasteiger charge is -1.95. The van der Waals surface area contributed by atoms with Crippen LogP contribution in [0.4, 0.5) is 0 Å². The standard InChI is InChI=1S/C10H8Cl2N2/c1-14-6-9(13-10(14)12)7-3-2-4-8(11)5-7/h2-6H,1H3. The molecule has 14 heavy (non-hydrogen) atoms. The Bertz CT molecular complexity index is 443. The molecule has 0 N–H and O–H groups in total. The zero-order valence-corrected chi connectivity index (χ0v) is 9.05. The highest BCUT2D eigenvalue weighted by Crippen LogP contribution is 2.22. The van der Waals surface area contributed by atoms with Crippen LogP contribution in [0.1, 0.15) is 0 Å². The number of imidazole rings is 1. The Labute approximate surface area is 92.1 Å². The summed E-state index contributed by atoms with van der Waals surface area (Å²) in [6, 6.07) is 7.53. The van der Waals surface area contributed by atoms with Crippen LogP contribution >= 0.6 is 23.2 Å². The molecule has 72 valence electrons. The third kappa shape index (κ3) is 1.76. The van der Waals surface area contributed by atoms with Gasteiger partial charge in [0.2, 0.25) is 5.28 Å². The first kappa shape index (κ1) is 9.56. The molecule has 0 saturated carbocycles. The third-order valence-electron chi connectivity index (χ3n) is 1.94. The van der Waals surface area contributed by atoms with E-state index in [0.717, 1.165) is 11.3 Å². The summed E-state index contributed by atoms with van der Waals surface area (Å²) in [4.78, 5) is 4.19. The van der Waals surface area contributed by atoms with Gasteiger partial charge in [-0.05, 0) is 23.7 Å². The van der Waals surface area contributed by atoms with Crippen LogP contribution < -0.4 is 0 Å². The average Bonchev–Trinajstić information content (AvgIpc) is 2.47. The number of nitrogens with zero attached hydrogens (tertiary/aromatic N) is 2. The van der Waals surface area contributed by atoms with Crippen molar-refractivity contribution in [1.82, 2.24) is 9.55 Å². The van der Waals surface area contributed by atoms with Crippen molar-refractivity contribution in [2.45, 2.75) is 0 Å². The smallest absolute Gasteiger partial charge is 0.203 e. The zero-order chi connectivity index (χ0) is 10.1. The first-order valence-electron chi connectivity index (χ1n) is 4.11. The van der Waals surface area contributed by atoms with E-state index in [-0.39, 0.29) is 0 Å². The minimum Gasteiger partial charge on any atom is -0.324 e. The number of aromatic nitrogens is 2. The molecule has 0 unspecified atom stereocenters. The van der Waals surface area contributed by atoms with Crippen LogP contribution in [0.25, 0.3) is 11.3 Å². The molecule has 0 radical (unpaired) electrons. The van der Waals surface area contributed by atoms with Crippen LogP contribution in [0.2, 0.25) is 10.3 Å². The Kier molecular flexibility index (Phi) is 2.48. The van der Waals surface area contributed by atoms with Gasteiger partial charge in [-0.1, -0.05) is 23.7 Å². The van der Waals surface area contributed by atoms with Crippen LogP contribution in [0.3, 0.4) is 0 Å². The fourth-order valence-electron chi connectivity index (χ4n) is 1.23.